The molecule has 2 aliphatic heterocycles. The Kier molecular flexibility index (Phi) is 5.03. The highest BCUT2D eigenvalue weighted by Crippen LogP contribution is 2.24. The van der Waals surface area contributed by atoms with Crippen LogP contribution in [0.1, 0.15) is 29.6 Å². The molecule has 0 N–H and O–H groups in total. The number of rotatable bonds is 3. The summed E-state index contributed by atoms with van der Waals surface area (Å²) in [5.41, 5.74) is 0.684. The third-order valence-electron chi connectivity index (χ3n) is 4.23. The quantitative estimate of drug-likeness (QED) is 0.804. The fourth-order valence-corrected chi connectivity index (χ4v) is 4.08. The van der Waals surface area contributed by atoms with E-state index in [0.29, 0.717) is 12.1 Å². The SMILES string of the molecule is O=C(O[C@@H]1CCSC1)[C@H]1CCCN(C(=O)c2ccccc2)C1. The van der Waals surface area contributed by atoms with Crippen molar-refractivity contribution >= 4 is 23.6 Å². The molecule has 2 saturated heterocycles. The molecule has 1 aromatic rings. The van der Waals surface area contributed by atoms with Crippen LogP contribution in [0, 0.1) is 5.92 Å². The van der Waals surface area contributed by atoms with E-state index in [1.54, 1.807) is 4.90 Å². The van der Waals surface area contributed by atoms with Crippen molar-refractivity contribution in [3.63, 3.8) is 0 Å². The van der Waals surface area contributed by atoms with E-state index in [1.807, 2.05) is 42.1 Å². The predicted molar refractivity (Wildman–Crippen MR) is 86.9 cm³/mol. The summed E-state index contributed by atoms with van der Waals surface area (Å²) in [7, 11) is 0. The molecular weight excluding hydrogens is 298 g/mol. The minimum atomic E-state index is -0.174. The lowest BCUT2D eigenvalue weighted by Gasteiger charge is -2.32. The zero-order chi connectivity index (χ0) is 15.4. The first-order valence-electron chi connectivity index (χ1n) is 7.86. The standard InChI is InChI=1S/C17H21NO3S/c19-16(13-5-2-1-3-6-13)18-9-4-7-14(11-18)17(20)21-15-8-10-22-12-15/h1-3,5-6,14-15H,4,7-12H2/t14-,15+/m0/s1. The highest BCUT2D eigenvalue weighted by molar-refractivity contribution is 7.99. The summed E-state index contributed by atoms with van der Waals surface area (Å²) < 4.78 is 5.59. The number of thioether (sulfide) groups is 1. The smallest absolute Gasteiger partial charge is 0.311 e. The van der Waals surface area contributed by atoms with Crippen molar-refractivity contribution < 1.29 is 14.3 Å². The van der Waals surface area contributed by atoms with E-state index in [9.17, 15) is 9.59 Å². The summed E-state index contributed by atoms with van der Waals surface area (Å²) in [5.74, 6) is 1.69. The summed E-state index contributed by atoms with van der Waals surface area (Å²) in [5, 5.41) is 0. The van der Waals surface area contributed by atoms with Crippen LogP contribution in [0.5, 0.6) is 0 Å². The first-order chi connectivity index (χ1) is 10.7. The van der Waals surface area contributed by atoms with Crippen molar-refractivity contribution in [1.82, 2.24) is 4.90 Å². The maximum atomic E-state index is 12.5. The molecule has 4 nitrogen and oxygen atoms in total. The van der Waals surface area contributed by atoms with Gasteiger partial charge in [0, 0.05) is 24.4 Å². The van der Waals surface area contributed by atoms with E-state index < -0.39 is 0 Å². The van der Waals surface area contributed by atoms with Crippen LogP contribution in [-0.2, 0) is 9.53 Å². The average molecular weight is 319 g/mol. The molecule has 22 heavy (non-hydrogen) atoms. The van der Waals surface area contributed by atoms with Crippen LogP contribution in [0.2, 0.25) is 0 Å². The molecule has 1 amide bonds. The summed E-state index contributed by atoms with van der Waals surface area (Å²) in [6, 6.07) is 9.26. The number of carbonyl (C=O) groups is 2. The molecule has 5 heteroatoms. The zero-order valence-electron chi connectivity index (χ0n) is 12.6. The van der Waals surface area contributed by atoms with Gasteiger partial charge in [-0.3, -0.25) is 9.59 Å². The lowest BCUT2D eigenvalue weighted by molar-refractivity contribution is -0.154. The van der Waals surface area contributed by atoms with Gasteiger partial charge in [-0.1, -0.05) is 18.2 Å². The number of esters is 1. The number of likely N-dealkylation sites (tertiary alicyclic amines) is 1. The summed E-state index contributed by atoms with van der Waals surface area (Å²) in [4.78, 5) is 26.6. The number of ether oxygens (including phenoxy) is 1. The molecule has 0 aromatic heterocycles. The molecule has 2 fully saturated rings. The van der Waals surface area contributed by atoms with E-state index in [1.165, 1.54) is 0 Å². The van der Waals surface area contributed by atoms with Crippen molar-refractivity contribution in [1.29, 1.82) is 0 Å². The minimum absolute atomic E-state index is 0.00882. The Morgan fingerprint density at radius 2 is 2.00 bits per heavy atom. The second-order valence-electron chi connectivity index (χ2n) is 5.88. The second-order valence-corrected chi connectivity index (χ2v) is 7.03. The highest BCUT2D eigenvalue weighted by Gasteiger charge is 2.31. The van der Waals surface area contributed by atoms with Crippen LogP contribution < -0.4 is 0 Å². The van der Waals surface area contributed by atoms with E-state index >= 15 is 0 Å². The number of benzene rings is 1. The Morgan fingerprint density at radius 1 is 1.18 bits per heavy atom. The maximum Gasteiger partial charge on any atom is 0.311 e. The van der Waals surface area contributed by atoms with Gasteiger partial charge in [-0.25, -0.2) is 0 Å². The highest BCUT2D eigenvalue weighted by atomic mass is 32.2. The van der Waals surface area contributed by atoms with Crippen molar-refractivity contribution in [2.45, 2.75) is 25.4 Å². The largest absolute Gasteiger partial charge is 0.461 e. The fraction of sp³-hybridized carbons (Fsp3) is 0.529. The molecule has 3 rings (SSSR count). The number of hydrogen-bond acceptors (Lipinski definition) is 4. The molecule has 2 aliphatic rings. The van der Waals surface area contributed by atoms with Crippen LogP contribution in [0.15, 0.2) is 30.3 Å². The van der Waals surface area contributed by atoms with Gasteiger partial charge in [-0.05, 0) is 37.1 Å². The topological polar surface area (TPSA) is 46.6 Å². The average Bonchev–Trinajstić information content (AvgIpc) is 3.08. The normalized spacial score (nSPS) is 25.0. The molecule has 2 heterocycles. The molecule has 118 valence electrons. The van der Waals surface area contributed by atoms with Crippen molar-refractivity contribution in [3.05, 3.63) is 35.9 Å². The maximum absolute atomic E-state index is 12.5. The Hall–Kier alpha value is -1.49. The summed E-state index contributed by atoms with van der Waals surface area (Å²) >= 11 is 1.83. The first-order valence-corrected chi connectivity index (χ1v) is 9.02. The van der Waals surface area contributed by atoms with E-state index in [0.717, 1.165) is 37.3 Å². The van der Waals surface area contributed by atoms with Gasteiger partial charge in [-0.15, -0.1) is 0 Å². The Labute approximate surface area is 135 Å². The number of piperidine rings is 1. The van der Waals surface area contributed by atoms with E-state index in [4.69, 9.17) is 4.74 Å². The molecule has 1 aromatic carbocycles. The Balaban J connectivity index is 1.59. The molecule has 0 aliphatic carbocycles. The Bertz CT molecular complexity index is 528. The third-order valence-corrected chi connectivity index (χ3v) is 5.37. The van der Waals surface area contributed by atoms with E-state index in [2.05, 4.69) is 0 Å². The molecule has 0 spiro atoms. The van der Waals surface area contributed by atoms with Gasteiger partial charge in [0.1, 0.15) is 6.10 Å². The van der Waals surface area contributed by atoms with Crippen molar-refractivity contribution in [3.8, 4) is 0 Å². The van der Waals surface area contributed by atoms with Crippen LogP contribution >= 0.6 is 11.8 Å². The molecule has 0 radical (unpaired) electrons. The number of carbonyl (C=O) groups excluding carboxylic acids is 2. The molecule has 2 atom stereocenters. The van der Waals surface area contributed by atoms with Crippen molar-refractivity contribution in [2.75, 3.05) is 24.6 Å². The summed E-state index contributed by atoms with van der Waals surface area (Å²) in [6.07, 6.45) is 2.70. The second kappa shape index (κ2) is 7.18. The minimum Gasteiger partial charge on any atom is -0.461 e. The monoisotopic (exact) mass is 319 g/mol. The molecular formula is C17H21NO3S. The summed E-state index contributed by atoms with van der Waals surface area (Å²) in [6.45, 7) is 1.20. The van der Waals surface area contributed by atoms with Crippen LogP contribution in [-0.4, -0.2) is 47.5 Å². The number of nitrogens with zero attached hydrogens (tertiary/aromatic N) is 1. The van der Waals surface area contributed by atoms with Gasteiger partial charge in [0.15, 0.2) is 0 Å². The van der Waals surface area contributed by atoms with Crippen LogP contribution in [0.25, 0.3) is 0 Å². The van der Waals surface area contributed by atoms with Gasteiger partial charge < -0.3 is 9.64 Å². The van der Waals surface area contributed by atoms with Gasteiger partial charge >= 0.3 is 5.97 Å². The predicted octanol–water partition coefficient (Wildman–Crippen LogP) is 2.59. The van der Waals surface area contributed by atoms with Gasteiger partial charge in [-0.2, -0.15) is 11.8 Å². The number of amides is 1. The van der Waals surface area contributed by atoms with Gasteiger partial charge in [0.05, 0.1) is 5.92 Å². The third kappa shape index (κ3) is 3.64. The zero-order valence-corrected chi connectivity index (χ0v) is 13.4. The molecule has 0 saturated carbocycles. The van der Waals surface area contributed by atoms with Gasteiger partial charge in [0.2, 0.25) is 0 Å². The van der Waals surface area contributed by atoms with Gasteiger partial charge in [0.25, 0.3) is 5.91 Å². The Morgan fingerprint density at radius 3 is 2.73 bits per heavy atom. The van der Waals surface area contributed by atoms with Crippen LogP contribution in [0.4, 0.5) is 0 Å². The first kappa shape index (κ1) is 15.4. The van der Waals surface area contributed by atoms with Crippen molar-refractivity contribution in [2.24, 2.45) is 5.92 Å². The van der Waals surface area contributed by atoms with E-state index in [-0.39, 0.29) is 23.9 Å². The number of hydrogen-bond donors (Lipinski definition) is 0. The lowest BCUT2D eigenvalue weighted by Crippen LogP contribution is -2.43. The fourth-order valence-electron chi connectivity index (χ4n) is 2.98. The molecule has 0 unspecified atom stereocenters. The van der Waals surface area contributed by atoms with Crippen LogP contribution in [0.3, 0.4) is 0 Å². The lowest BCUT2D eigenvalue weighted by atomic mass is 9.97. The molecule has 0 bridgehead atoms.